The quantitative estimate of drug-likeness (QED) is 0.762. The maximum atomic E-state index is 13.3. The molecule has 0 fully saturated rings. The van der Waals surface area contributed by atoms with Crippen molar-refractivity contribution in [2.45, 2.75) is 26.3 Å². The maximum absolute atomic E-state index is 13.3. The molecule has 27 heavy (non-hydrogen) atoms. The third-order valence-corrected chi connectivity index (χ3v) is 5.06. The number of benzene rings is 1. The third-order valence-electron chi connectivity index (χ3n) is 3.42. The van der Waals surface area contributed by atoms with Gasteiger partial charge in [0.1, 0.15) is 10.7 Å². The van der Waals surface area contributed by atoms with Gasteiger partial charge in [0.15, 0.2) is 6.61 Å². The summed E-state index contributed by atoms with van der Waals surface area (Å²) in [5, 5.41) is 3.43. The van der Waals surface area contributed by atoms with Crippen LogP contribution in [-0.4, -0.2) is 48.4 Å². The van der Waals surface area contributed by atoms with Crippen molar-refractivity contribution in [3.8, 4) is 0 Å². The molecule has 146 valence electrons. The normalized spacial score (nSPS) is 11.3. The second-order valence-corrected chi connectivity index (χ2v) is 8.44. The van der Waals surface area contributed by atoms with Crippen LogP contribution in [0, 0.1) is 5.82 Å². The lowest BCUT2D eigenvalue weighted by Crippen LogP contribution is -2.46. The topological polar surface area (TPSA) is 75.7 Å². The molecule has 0 spiro atoms. The van der Waals surface area contributed by atoms with Gasteiger partial charge in [0, 0.05) is 22.7 Å². The number of likely N-dealkylation sites (N-methyl/N-ethyl adjacent to an activating group) is 1. The molecule has 1 N–H and O–H groups in total. The molecule has 2 amide bonds. The van der Waals surface area contributed by atoms with E-state index in [1.807, 2.05) is 20.8 Å². The minimum Gasteiger partial charge on any atom is -0.451 e. The van der Waals surface area contributed by atoms with Crippen LogP contribution >= 0.6 is 22.9 Å². The molecule has 0 aliphatic rings. The first-order chi connectivity index (χ1) is 12.5. The zero-order chi connectivity index (χ0) is 20.4. The van der Waals surface area contributed by atoms with E-state index < -0.39 is 29.8 Å². The van der Waals surface area contributed by atoms with E-state index in [-0.39, 0.29) is 22.4 Å². The lowest BCUT2D eigenvalue weighted by Gasteiger charge is -2.23. The van der Waals surface area contributed by atoms with E-state index in [4.69, 9.17) is 16.3 Å². The van der Waals surface area contributed by atoms with Crippen molar-refractivity contribution in [1.82, 2.24) is 10.2 Å². The summed E-state index contributed by atoms with van der Waals surface area (Å²) in [6, 6.07) is 4.00. The van der Waals surface area contributed by atoms with Crippen LogP contribution in [0.3, 0.4) is 0 Å². The smallest absolute Gasteiger partial charge is 0.350 e. The van der Waals surface area contributed by atoms with Gasteiger partial charge < -0.3 is 15.0 Å². The molecule has 1 aromatic heterocycles. The molecule has 0 aliphatic heterocycles. The van der Waals surface area contributed by atoms with Gasteiger partial charge in [-0.15, -0.1) is 11.3 Å². The fraction of sp³-hybridized carbons (Fsp3) is 0.389. The number of thiophene rings is 1. The summed E-state index contributed by atoms with van der Waals surface area (Å²) >= 11 is 7.14. The fourth-order valence-electron chi connectivity index (χ4n) is 2.23. The summed E-state index contributed by atoms with van der Waals surface area (Å²) in [6.07, 6.45) is 0. The first-order valence-corrected chi connectivity index (χ1v) is 9.27. The molecule has 1 aromatic carbocycles. The highest BCUT2D eigenvalue weighted by atomic mass is 35.5. The number of carbonyl (C=O) groups excluding carboxylic acids is 3. The van der Waals surface area contributed by atoms with Crippen LogP contribution in [0.5, 0.6) is 0 Å². The van der Waals surface area contributed by atoms with Gasteiger partial charge in [-0.25, -0.2) is 9.18 Å². The predicted molar refractivity (Wildman–Crippen MR) is 103 cm³/mol. The van der Waals surface area contributed by atoms with Gasteiger partial charge in [0.05, 0.1) is 11.6 Å². The van der Waals surface area contributed by atoms with Crippen LogP contribution < -0.4 is 5.32 Å². The van der Waals surface area contributed by atoms with Crippen molar-refractivity contribution in [3.05, 3.63) is 33.9 Å². The van der Waals surface area contributed by atoms with Gasteiger partial charge in [-0.3, -0.25) is 9.59 Å². The Kier molecular flexibility index (Phi) is 6.43. The lowest BCUT2D eigenvalue weighted by molar-refractivity contribution is -0.137. The van der Waals surface area contributed by atoms with Gasteiger partial charge in [-0.2, -0.15) is 0 Å². The summed E-state index contributed by atoms with van der Waals surface area (Å²) in [6.45, 7) is 4.80. The summed E-state index contributed by atoms with van der Waals surface area (Å²) < 4.78 is 18.8. The van der Waals surface area contributed by atoms with Crippen molar-refractivity contribution in [2.75, 3.05) is 20.2 Å². The molecule has 2 rings (SSSR count). The van der Waals surface area contributed by atoms with Gasteiger partial charge in [0.25, 0.3) is 5.91 Å². The molecule has 2 aromatic rings. The van der Waals surface area contributed by atoms with E-state index in [1.165, 1.54) is 25.2 Å². The maximum Gasteiger partial charge on any atom is 0.350 e. The van der Waals surface area contributed by atoms with Crippen molar-refractivity contribution in [3.63, 3.8) is 0 Å². The Bertz CT molecular complexity index is 891. The van der Waals surface area contributed by atoms with Gasteiger partial charge in [-0.05, 0) is 39.0 Å². The van der Waals surface area contributed by atoms with E-state index in [9.17, 15) is 18.8 Å². The fourth-order valence-corrected chi connectivity index (χ4v) is 3.66. The Labute approximate surface area is 165 Å². The minimum absolute atomic E-state index is 0.0956. The number of carbonyl (C=O) groups is 3. The highest BCUT2D eigenvalue weighted by molar-refractivity contribution is 7.21. The Morgan fingerprint density at radius 2 is 1.96 bits per heavy atom. The lowest BCUT2D eigenvalue weighted by atomic mass is 10.1. The van der Waals surface area contributed by atoms with E-state index >= 15 is 0 Å². The molecule has 0 aliphatic carbocycles. The summed E-state index contributed by atoms with van der Waals surface area (Å²) in [7, 11) is 1.44. The number of amides is 2. The number of hydrogen-bond donors (Lipinski definition) is 1. The average Bonchev–Trinajstić information content (AvgIpc) is 2.86. The van der Waals surface area contributed by atoms with Gasteiger partial charge in [0.2, 0.25) is 5.91 Å². The van der Waals surface area contributed by atoms with Crippen molar-refractivity contribution < 1.29 is 23.5 Å². The number of rotatable bonds is 5. The van der Waals surface area contributed by atoms with Gasteiger partial charge in [-0.1, -0.05) is 11.6 Å². The van der Waals surface area contributed by atoms with Crippen molar-refractivity contribution >= 4 is 50.8 Å². The summed E-state index contributed by atoms with van der Waals surface area (Å²) in [5.74, 6) is -2.07. The van der Waals surface area contributed by atoms with E-state index in [1.54, 1.807) is 0 Å². The standard InChI is InChI=1S/C18H20ClFN2O4S/c1-18(2,3)21-13(23)8-22(4)14(24)9-26-17(25)16-15(19)11-6-5-10(20)7-12(11)27-16/h5-7H,8-9H2,1-4H3,(H,21,23). The van der Waals surface area contributed by atoms with Crippen LogP contribution in [0.15, 0.2) is 18.2 Å². The molecule has 9 heteroatoms. The molecule has 0 radical (unpaired) electrons. The van der Waals surface area contributed by atoms with E-state index in [0.717, 1.165) is 16.2 Å². The number of nitrogens with one attached hydrogen (secondary N) is 1. The molecule has 6 nitrogen and oxygen atoms in total. The monoisotopic (exact) mass is 414 g/mol. The first kappa shape index (κ1) is 21.1. The number of fused-ring (bicyclic) bond motifs is 1. The van der Waals surface area contributed by atoms with Crippen LogP contribution in [0.1, 0.15) is 30.4 Å². The average molecular weight is 415 g/mol. The van der Waals surface area contributed by atoms with E-state index in [2.05, 4.69) is 5.32 Å². The van der Waals surface area contributed by atoms with Crippen molar-refractivity contribution in [2.24, 2.45) is 0 Å². The largest absolute Gasteiger partial charge is 0.451 e. The second kappa shape index (κ2) is 8.22. The highest BCUT2D eigenvalue weighted by Gasteiger charge is 2.22. The van der Waals surface area contributed by atoms with Crippen LogP contribution in [0.25, 0.3) is 10.1 Å². The number of halogens is 2. The SMILES string of the molecule is CN(CC(=O)NC(C)(C)C)C(=O)COC(=O)c1sc2cc(F)ccc2c1Cl. The zero-order valence-corrected chi connectivity index (χ0v) is 17.0. The third kappa shape index (κ3) is 5.64. The Hall–Kier alpha value is -2.19. The zero-order valence-electron chi connectivity index (χ0n) is 15.4. The van der Waals surface area contributed by atoms with E-state index in [0.29, 0.717) is 10.1 Å². The molecule has 0 saturated carbocycles. The second-order valence-electron chi connectivity index (χ2n) is 7.01. The van der Waals surface area contributed by atoms with Gasteiger partial charge >= 0.3 is 5.97 Å². The molecular formula is C18H20ClFN2O4S. The predicted octanol–water partition coefficient (Wildman–Crippen LogP) is 3.22. The summed E-state index contributed by atoms with van der Waals surface area (Å²) in [5.41, 5.74) is -0.412. The molecule has 0 bridgehead atoms. The molecule has 0 atom stereocenters. The molecule has 0 unspecified atom stereocenters. The minimum atomic E-state index is -0.775. The number of esters is 1. The highest BCUT2D eigenvalue weighted by Crippen LogP contribution is 2.36. The van der Waals surface area contributed by atoms with Crippen molar-refractivity contribution in [1.29, 1.82) is 0 Å². The molecule has 0 saturated heterocycles. The Balaban J connectivity index is 1.96. The number of nitrogens with zero attached hydrogens (tertiary/aromatic N) is 1. The summed E-state index contributed by atoms with van der Waals surface area (Å²) in [4.78, 5) is 37.4. The first-order valence-electron chi connectivity index (χ1n) is 8.07. The molecular weight excluding hydrogens is 395 g/mol. The Morgan fingerprint density at radius 1 is 1.30 bits per heavy atom. The number of hydrogen-bond acceptors (Lipinski definition) is 5. The Morgan fingerprint density at radius 3 is 2.59 bits per heavy atom. The van der Waals surface area contributed by atoms with Crippen LogP contribution in [0.2, 0.25) is 5.02 Å². The molecule has 1 heterocycles. The van der Waals surface area contributed by atoms with Crippen LogP contribution in [0.4, 0.5) is 4.39 Å². The number of ether oxygens (including phenoxy) is 1. The van der Waals surface area contributed by atoms with Crippen LogP contribution in [-0.2, 0) is 14.3 Å².